The van der Waals surface area contributed by atoms with Crippen LogP contribution in [0.15, 0.2) is 18.2 Å². The molecule has 6 nitrogen and oxygen atoms in total. The molecule has 0 bridgehead atoms. The zero-order chi connectivity index (χ0) is 19.1. The van der Waals surface area contributed by atoms with Gasteiger partial charge in [-0.2, -0.15) is 0 Å². The van der Waals surface area contributed by atoms with Gasteiger partial charge in [-0.25, -0.2) is 5.06 Å². The summed E-state index contributed by atoms with van der Waals surface area (Å²) in [6.07, 6.45) is 2.95. The third-order valence-corrected chi connectivity index (χ3v) is 5.08. The van der Waals surface area contributed by atoms with E-state index in [0.717, 1.165) is 25.9 Å². The summed E-state index contributed by atoms with van der Waals surface area (Å²) in [6.45, 7) is 9.28. The number of hydroxylamine groups is 2. The van der Waals surface area contributed by atoms with Crippen LogP contribution in [-0.4, -0.2) is 60.2 Å². The van der Waals surface area contributed by atoms with E-state index in [4.69, 9.17) is 0 Å². The van der Waals surface area contributed by atoms with Gasteiger partial charge in [0.15, 0.2) is 0 Å². The summed E-state index contributed by atoms with van der Waals surface area (Å²) in [6, 6.07) is 6.45. The number of aryl methyl sites for hydroxylation is 2. The first-order chi connectivity index (χ1) is 12.5. The minimum atomic E-state index is -0.336. The SMILES string of the molecule is CCCC[C@H](CN(O)C=O)C(=O)N1CCN(c2cc(C)ccc2C)CC1. The second-order valence-corrected chi connectivity index (χ2v) is 7.17. The van der Waals surface area contributed by atoms with Gasteiger partial charge < -0.3 is 9.80 Å². The van der Waals surface area contributed by atoms with Gasteiger partial charge in [0.05, 0.1) is 12.5 Å². The zero-order valence-corrected chi connectivity index (χ0v) is 16.1. The quantitative estimate of drug-likeness (QED) is 0.439. The average molecular weight is 361 g/mol. The molecule has 1 aromatic carbocycles. The predicted molar refractivity (Wildman–Crippen MR) is 102 cm³/mol. The minimum absolute atomic E-state index is 0.0416. The van der Waals surface area contributed by atoms with Crippen LogP contribution in [0.2, 0.25) is 0 Å². The van der Waals surface area contributed by atoms with Crippen molar-refractivity contribution in [1.82, 2.24) is 9.96 Å². The molecule has 0 spiro atoms. The Kier molecular flexibility index (Phi) is 7.45. The number of amides is 2. The van der Waals surface area contributed by atoms with E-state index in [1.54, 1.807) is 0 Å². The molecule has 1 N–H and O–H groups in total. The van der Waals surface area contributed by atoms with Crippen molar-refractivity contribution in [2.75, 3.05) is 37.6 Å². The summed E-state index contributed by atoms with van der Waals surface area (Å²) in [5, 5.41) is 10.1. The van der Waals surface area contributed by atoms with E-state index in [9.17, 15) is 14.8 Å². The summed E-state index contributed by atoms with van der Waals surface area (Å²) < 4.78 is 0. The van der Waals surface area contributed by atoms with E-state index in [-0.39, 0.29) is 18.4 Å². The number of piperazine rings is 1. The van der Waals surface area contributed by atoms with E-state index < -0.39 is 0 Å². The van der Waals surface area contributed by atoms with Gasteiger partial charge in [-0.1, -0.05) is 31.9 Å². The highest BCUT2D eigenvalue weighted by Gasteiger charge is 2.28. The Morgan fingerprint density at radius 1 is 1.27 bits per heavy atom. The Morgan fingerprint density at radius 3 is 2.58 bits per heavy atom. The molecule has 6 heteroatoms. The molecule has 0 aliphatic carbocycles. The van der Waals surface area contributed by atoms with Crippen LogP contribution in [0.4, 0.5) is 5.69 Å². The molecule has 1 saturated heterocycles. The molecule has 0 aromatic heterocycles. The summed E-state index contributed by atoms with van der Waals surface area (Å²) in [5.41, 5.74) is 3.72. The summed E-state index contributed by atoms with van der Waals surface area (Å²) >= 11 is 0. The van der Waals surface area contributed by atoms with Gasteiger partial charge in [0, 0.05) is 31.9 Å². The van der Waals surface area contributed by atoms with Crippen molar-refractivity contribution in [3.8, 4) is 0 Å². The molecule has 0 unspecified atom stereocenters. The van der Waals surface area contributed by atoms with Gasteiger partial charge >= 0.3 is 0 Å². The highest BCUT2D eigenvalue weighted by molar-refractivity contribution is 5.79. The van der Waals surface area contributed by atoms with Crippen LogP contribution in [0.1, 0.15) is 37.3 Å². The third kappa shape index (κ3) is 5.21. The van der Waals surface area contributed by atoms with Crippen molar-refractivity contribution < 1.29 is 14.8 Å². The second-order valence-electron chi connectivity index (χ2n) is 7.17. The summed E-state index contributed by atoms with van der Waals surface area (Å²) in [7, 11) is 0. The molecule has 1 aliphatic heterocycles. The molecular weight excluding hydrogens is 330 g/mol. The fourth-order valence-electron chi connectivity index (χ4n) is 3.50. The molecule has 1 aromatic rings. The molecule has 2 amide bonds. The van der Waals surface area contributed by atoms with E-state index in [1.807, 2.05) is 4.90 Å². The lowest BCUT2D eigenvalue weighted by molar-refractivity contribution is -0.157. The predicted octanol–water partition coefficient (Wildman–Crippen LogP) is 2.61. The van der Waals surface area contributed by atoms with Crippen molar-refractivity contribution in [3.05, 3.63) is 29.3 Å². The maximum Gasteiger partial charge on any atom is 0.233 e. The highest BCUT2D eigenvalue weighted by Crippen LogP contribution is 2.23. The molecular formula is C20H31N3O3. The van der Waals surface area contributed by atoms with Gasteiger partial charge in [0.25, 0.3) is 0 Å². The number of rotatable bonds is 8. The second kappa shape index (κ2) is 9.57. The number of unbranched alkanes of at least 4 members (excludes halogenated alkanes) is 1. The monoisotopic (exact) mass is 361 g/mol. The van der Waals surface area contributed by atoms with Crippen molar-refractivity contribution in [2.24, 2.45) is 5.92 Å². The normalized spacial score (nSPS) is 15.7. The Balaban J connectivity index is 1.98. The fraction of sp³-hybridized carbons (Fsp3) is 0.600. The number of hydrogen-bond donors (Lipinski definition) is 1. The third-order valence-electron chi connectivity index (χ3n) is 5.08. The first-order valence-electron chi connectivity index (χ1n) is 9.48. The van der Waals surface area contributed by atoms with Gasteiger partial charge in [-0.15, -0.1) is 0 Å². The van der Waals surface area contributed by atoms with E-state index in [2.05, 4.69) is 43.9 Å². The Hall–Kier alpha value is -2.08. The van der Waals surface area contributed by atoms with Crippen LogP contribution < -0.4 is 4.90 Å². The maximum atomic E-state index is 12.9. The zero-order valence-electron chi connectivity index (χ0n) is 16.1. The van der Waals surface area contributed by atoms with Gasteiger partial charge in [0.1, 0.15) is 0 Å². The van der Waals surface area contributed by atoms with Gasteiger partial charge in [0.2, 0.25) is 12.3 Å². The molecule has 0 radical (unpaired) electrons. The molecule has 144 valence electrons. The minimum Gasteiger partial charge on any atom is -0.368 e. The van der Waals surface area contributed by atoms with E-state index >= 15 is 0 Å². The topological polar surface area (TPSA) is 64.1 Å². The van der Waals surface area contributed by atoms with Crippen LogP contribution in [0.5, 0.6) is 0 Å². The first-order valence-corrected chi connectivity index (χ1v) is 9.48. The van der Waals surface area contributed by atoms with Crippen LogP contribution in [-0.2, 0) is 9.59 Å². The van der Waals surface area contributed by atoms with Crippen LogP contribution >= 0.6 is 0 Å². The Morgan fingerprint density at radius 2 is 1.96 bits per heavy atom. The van der Waals surface area contributed by atoms with E-state index in [1.165, 1.54) is 16.8 Å². The molecule has 1 heterocycles. The standard InChI is InChI=1S/C20H31N3O3/c1-4-5-6-18(14-23(26)15-24)20(25)22-11-9-21(10-12-22)19-13-16(2)7-8-17(19)3/h7-8,13,15,18,26H,4-6,9-12,14H2,1-3H3/t18-/m1/s1. The van der Waals surface area contributed by atoms with Crippen LogP contribution in [0.3, 0.4) is 0 Å². The van der Waals surface area contributed by atoms with Crippen LogP contribution in [0, 0.1) is 19.8 Å². The summed E-state index contributed by atoms with van der Waals surface area (Å²) in [4.78, 5) is 27.8. The number of anilines is 1. The van der Waals surface area contributed by atoms with Crippen molar-refractivity contribution in [2.45, 2.75) is 40.0 Å². The van der Waals surface area contributed by atoms with Crippen LogP contribution in [0.25, 0.3) is 0 Å². The largest absolute Gasteiger partial charge is 0.368 e. The molecule has 1 fully saturated rings. The van der Waals surface area contributed by atoms with Crippen molar-refractivity contribution in [1.29, 1.82) is 0 Å². The number of carbonyl (C=O) groups excluding carboxylic acids is 2. The molecule has 2 rings (SSSR count). The number of hydrogen-bond acceptors (Lipinski definition) is 4. The lowest BCUT2D eigenvalue weighted by atomic mass is 9.99. The van der Waals surface area contributed by atoms with Gasteiger partial charge in [-0.3, -0.25) is 14.8 Å². The molecule has 1 aliphatic rings. The molecule has 26 heavy (non-hydrogen) atoms. The molecule has 0 saturated carbocycles. The number of nitrogens with zero attached hydrogens (tertiary/aromatic N) is 3. The summed E-state index contributed by atoms with van der Waals surface area (Å²) in [5.74, 6) is -0.294. The van der Waals surface area contributed by atoms with E-state index in [0.29, 0.717) is 31.0 Å². The first kappa shape index (κ1) is 20.2. The van der Waals surface area contributed by atoms with Crippen molar-refractivity contribution in [3.63, 3.8) is 0 Å². The smallest absolute Gasteiger partial charge is 0.233 e. The van der Waals surface area contributed by atoms with Gasteiger partial charge in [-0.05, 0) is 37.5 Å². The maximum absolute atomic E-state index is 12.9. The highest BCUT2D eigenvalue weighted by atomic mass is 16.5. The lowest BCUT2D eigenvalue weighted by Gasteiger charge is -2.38. The number of carbonyl (C=O) groups is 2. The average Bonchev–Trinajstić information content (AvgIpc) is 2.66. The lowest BCUT2D eigenvalue weighted by Crippen LogP contribution is -2.51. The number of benzene rings is 1. The Bertz CT molecular complexity index is 612. The fourth-order valence-corrected chi connectivity index (χ4v) is 3.50. The molecule has 1 atom stereocenters. The van der Waals surface area contributed by atoms with Crippen molar-refractivity contribution >= 4 is 18.0 Å². The Labute approximate surface area is 156 Å².